The van der Waals surface area contributed by atoms with Crippen LogP contribution in [0.15, 0.2) is 15.8 Å². The minimum Gasteiger partial charge on any atom is -0.390 e. The maximum absolute atomic E-state index is 12.2. The Balaban J connectivity index is 1.56. The molecule has 0 saturated carbocycles. The fourth-order valence-electron chi connectivity index (χ4n) is 3.48. The van der Waals surface area contributed by atoms with Crippen molar-refractivity contribution < 1.29 is 52.0 Å². The zero-order valence-electron chi connectivity index (χ0n) is 18.1. The fraction of sp³-hybridized carbons (Fsp3) is 0.750. The Morgan fingerprint density at radius 1 is 1.21 bits per heavy atom. The van der Waals surface area contributed by atoms with E-state index < -0.39 is 76.5 Å². The van der Waals surface area contributed by atoms with Gasteiger partial charge in [-0.05, 0) is 13.8 Å². The van der Waals surface area contributed by atoms with Gasteiger partial charge in [-0.1, -0.05) is 0 Å². The molecule has 0 aromatic carbocycles. The Morgan fingerprint density at radius 2 is 1.88 bits per heavy atom. The smallest absolute Gasteiger partial charge is 0.390 e. The van der Waals surface area contributed by atoms with Gasteiger partial charge in [0.05, 0.1) is 24.9 Å². The zero-order chi connectivity index (χ0) is 25.4. The van der Waals surface area contributed by atoms with Gasteiger partial charge < -0.3 is 35.2 Å². The first-order chi connectivity index (χ1) is 15.7. The van der Waals surface area contributed by atoms with Crippen molar-refractivity contribution in [1.29, 1.82) is 0 Å². The molecule has 0 radical (unpaired) electrons. The number of phosphoric ester groups is 2. The van der Waals surface area contributed by atoms with Crippen molar-refractivity contribution in [3.05, 3.63) is 32.6 Å². The van der Waals surface area contributed by atoms with Gasteiger partial charge in [0.1, 0.15) is 12.3 Å². The van der Waals surface area contributed by atoms with Gasteiger partial charge in [0.15, 0.2) is 6.29 Å². The summed E-state index contributed by atoms with van der Waals surface area (Å²) in [6.45, 7) is 2.16. The van der Waals surface area contributed by atoms with Crippen LogP contribution in [0, 0.1) is 6.92 Å². The van der Waals surface area contributed by atoms with E-state index in [1.165, 1.54) is 20.0 Å². The van der Waals surface area contributed by atoms with Crippen LogP contribution in [-0.2, 0) is 32.0 Å². The van der Waals surface area contributed by atoms with E-state index in [2.05, 4.69) is 13.8 Å². The van der Waals surface area contributed by atoms with Crippen LogP contribution in [0.4, 0.5) is 0 Å². The van der Waals surface area contributed by atoms with Crippen LogP contribution in [0.1, 0.15) is 31.6 Å². The SMILES string of the molecule is Cc1cn(C2CC(O)C(COP(=O)(O)OP(=O)(O)OC3CC(N)C(O)C(C)O3)O2)c(=O)[nH]c1=O. The summed E-state index contributed by atoms with van der Waals surface area (Å²) in [6, 6.07) is -0.835. The van der Waals surface area contributed by atoms with E-state index in [4.69, 9.17) is 19.7 Å². The van der Waals surface area contributed by atoms with Crippen molar-refractivity contribution >= 4 is 15.6 Å². The molecule has 2 aliphatic rings. The lowest BCUT2D eigenvalue weighted by atomic mass is 10.0. The molecule has 1 aromatic rings. The molecule has 9 unspecified atom stereocenters. The maximum atomic E-state index is 12.2. The van der Waals surface area contributed by atoms with Gasteiger partial charge in [-0.2, -0.15) is 4.31 Å². The van der Waals surface area contributed by atoms with Crippen LogP contribution in [-0.4, -0.2) is 72.9 Å². The van der Waals surface area contributed by atoms with Crippen molar-refractivity contribution in [3.63, 3.8) is 0 Å². The lowest BCUT2D eigenvalue weighted by Gasteiger charge is -2.36. The summed E-state index contributed by atoms with van der Waals surface area (Å²) < 4.78 is 49.6. The second-order valence-corrected chi connectivity index (χ2v) is 11.0. The second-order valence-electron chi connectivity index (χ2n) is 7.99. The molecule has 3 rings (SSSR count). The molecular formula is C16H27N3O13P2. The topological polar surface area (TPSA) is 242 Å². The molecule has 9 atom stereocenters. The highest BCUT2D eigenvalue weighted by Crippen LogP contribution is 2.61. The number of aromatic nitrogens is 2. The number of aliphatic hydroxyl groups is 2. The molecule has 0 bridgehead atoms. The van der Waals surface area contributed by atoms with Gasteiger partial charge in [0.25, 0.3) is 5.56 Å². The van der Waals surface area contributed by atoms with Gasteiger partial charge in [-0.3, -0.25) is 23.4 Å². The Bertz CT molecular complexity index is 1080. The summed E-state index contributed by atoms with van der Waals surface area (Å²) in [4.78, 5) is 45.2. The van der Waals surface area contributed by atoms with Gasteiger partial charge in [0.2, 0.25) is 0 Å². The van der Waals surface area contributed by atoms with Crippen LogP contribution in [0.5, 0.6) is 0 Å². The van der Waals surface area contributed by atoms with Crippen molar-refractivity contribution in [2.24, 2.45) is 5.73 Å². The summed E-state index contributed by atoms with van der Waals surface area (Å²) in [5.74, 6) is 0. The van der Waals surface area contributed by atoms with E-state index in [0.717, 1.165) is 4.57 Å². The molecule has 16 nitrogen and oxygen atoms in total. The van der Waals surface area contributed by atoms with E-state index in [9.17, 15) is 38.7 Å². The van der Waals surface area contributed by atoms with E-state index >= 15 is 0 Å². The number of ether oxygens (including phenoxy) is 2. The second kappa shape index (κ2) is 10.4. The van der Waals surface area contributed by atoms with Crippen molar-refractivity contribution in [2.75, 3.05) is 6.61 Å². The van der Waals surface area contributed by atoms with E-state index in [-0.39, 0.29) is 18.4 Å². The molecule has 0 spiro atoms. The van der Waals surface area contributed by atoms with Gasteiger partial charge >= 0.3 is 21.3 Å². The Kier molecular flexibility index (Phi) is 8.35. The lowest BCUT2D eigenvalue weighted by molar-refractivity contribution is -0.191. The van der Waals surface area contributed by atoms with Gasteiger partial charge in [-0.25, -0.2) is 13.9 Å². The van der Waals surface area contributed by atoms with Crippen molar-refractivity contribution in [2.45, 2.75) is 69.7 Å². The van der Waals surface area contributed by atoms with E-state index in [1.54, 1.807) is 0 Å². The number of hydrogen-bond acceptors (Lipinski definition) is 12. The summed E-state index contributed by atoms with van der Waals surface area (Å²) >= 11 is 0. The molecule has 2 saturated heterocycles. The first-order valence-electron chi connectivity index (χ1n) is 10.1. The van der Waals surface area contributed by atoms with Crippen molar-refractivity contribution in [3.8, 4) is 0 Å². The number of H-pyrrole nitrogens is 1. The van der Waals surface area contributed by atoms with E-state index in [1.807, 2.05) is 0 Å². The minimum atomic E-state index is -5.20. The maximum Gasteiger partial charge on any atom is 0.483 e. The lowest BCUT2D eigenvalue weighted by Crippen LogP contribution is -2.51. The predicted molar refractivity (Wildman–Crippen MR) is 111 cm³/mol. The molecule has 34 heavy (non-hydrogen) atoms. The summed E-state index contributed by atoms with van der Waals surface area (Å²) in [5.41, 5.74) is 4.54. The molecule has 2 aliphatic heterocycles. The number of aliphatic hydroxyl groups excluding tert-OH is 2. The highest BCUT2D eigenvalue weighted by atomic mass is 31.3. The predicted octanol–water partition coefficient (Wildman–Crippen LogP) is -1.43. The van der Waals surface area contributed by atoms with Crippen LogP contribution in [0.3, 0.4) is 0 Å². The first-order valence-corrected chi connectivity index (χ1v) is 13.1. The van der Waals surface area contributed by atoms with Crippen molar-refractivity contribution in [1.82, 2.24) is 9.55 Å². The summed E-state index contributed by atoms with van der Waals surface area (Å²) in [7, 11) is -10.4. The summed E-state index contributed by atoms with van der Waals surface area (Å²) in [5, 5.41) is 19.9. The Hall–Kier alpha value is -1.26. The minimum absolute atomic E-state index is 0.110. The number of rotatable bonds is 8. The third kappa shape index (κ3) is 6.69. The number of nitrogens with two attached hydrogens (primary N) is 1. The quantitative estimate of drug-likeness (QED) is 0.211. The molecule has 3 heterocycles. The van der Waals surface area contributed by atoms with Gasteiger partial charge in [-0.15, -0.1) is 0 Å². The van der Waals surface area contributed by atoms with Gasteiger partial charge in [0, 0.05) is 30.6 Å². The molecule has 194 valence electrons. The largest absolute Gasteiger partial charge is 0.483 e. The normalized spacial score (nSPS) is 35.6. The monoisotopic (exact) mass is 531 g/mol. The number of aromatic amines is 1. The number of aryl methyl sites for hydroxylation is 1. The van der Waals surface area contributed by atoms with Crippen LogP contribution < -0.4 is 17.0 Å². The summed E-state index contributed by atoms with van der Waals surface area (Å²) in [6.07, 6.45) is -5.81. The molecule has 0 amide bonds. The Labute approximate surface area is 192 Å². The molecule has 1 aromatic heterocycles. The molecular weight excluding hydrogens is 504 g/mol. The van der Waals surface area contributed by atoms with Crippen LogP contribution >= 0.6 is 15.6 Å². The fourth-order valence-corrected chi connectivity index (χ4v) is 5.63. The number of nitrogens with zero attached hydrogens (tertiary/aromatic N) is 1. The molecule has 7 N–H and O–H groups in total. The third-order valence-electron chi connectivity index (χ3n) is 5.27. The van der Waals surface area contributed by atoms with E-state index in [0.29, 0.717) is 0 Å². The zero-order valence-corrected chi connectivity index (χ0v) is 19.9. The molecule has 0 aliphatic carbocycles. The Morgan fingerprint density at radius 3 is 2.53 bits per heavy atom. The average molecular weight is 531 g/mol. The highest BCUT2D eigenvalue weighted by Gasteiger charge is 2.43. The van der Waals surface area contributed by atoms with Crippen LogP contribution in [0.25, 0.3) is 0 Å². The first kappa shape index (κ1) is 27.3. The number of phosphoric acid groups is 2. The number of nitrogens with one attached hydrogen (secondary N) is 1. The number of hydrogen-bond donors (Lipinski definition) is 6. The molecule has 2 fully saturated rings. The third-order valence-corrected chi connectivity index (χ3v) is 7.90. The van der Waals surface area contributed by atoms with Crippen LogP contribution in [0.2, 0.25) is 0 Å². The highest BCUT2D eigenvalue weighted by molar-refractivity contribution is 7.61. The molecule has 18 heteroatoms. The standard InChI is InChI=1S/C16H27N3O13P2/c1-7-5-19(16(23)18-15(7)22)12-4-10(20)11(30-12)6-28-33(24,25)32-34(26,27)31-13-3-9(17)14(21)8(2)29-13/h5,8-14,20-21H,3-4,6,17H2,1-2H3,(H,24,25)(H,26,27)(H,18,22,23). The average Bonchev–Trinajstić information content (AvgIpc) is 3.06.